The van der Waals surface area contributed by atoms with E-state index < -0.39 is 44.6 Å². The number of nitrogens with one attached hydrogen (secondary N) is 4. The Morgan fingerprint density at radius 2 is 1.61 bits per heavy atom. The molecule has 20 heteroatoms. The molecule has 7 rings (SSSR count). The lowest BCUT2D eigenvalue weighted by molar-refractivity contribution is -0.144. The van der Waals surface area contributed by atoms with Gasteiger partial charge in [-0.05, 0) is 126 Å². The molecule has 408 valence electrons. The van der Waals surface area contributed by atoms with E-state index in [2.05, 4.69) is 36.2 Å². The molecule has 4 heterocycles. The number of aryl methyl sites for hydroxylation is 2. The minimum atomic E-state index is -3.61. The number of benzene rings is 3. The molecular weight excluding hydrogens is 1030 g/mol. The Kier molecular flexibility index (Phi) is 18.5. The van der Waals surface area contributed by atoms with Gasteiger partial charge >= 0.3 is 0 Å². The normalized spacial score (nSPS) is 17.1. The lowest BCUT2D eigenvalue weighted by Crippen LogP contribution is -2.57. The molecule has 2 saturated heterocycles. The van der Waals surface area contributed by atoms with E-state index in [9.17, 15) is 32.7 Å². The molecule has 2 fully saturated rings. The minimum Gasteiger partial charge on any atom is -0.489 e. The number of carbonyl (C=O) groups excluding carboxylic acids is 4. The smallest absolute Gasteiger partial charge is 0.246 e. The summed E-state index contributed by atoms with van der Waals surface area (Å²) in [4.78, 5) is 72.9. The molecule has 0 aliphatic carbocycles. The molecule has 0 bridgehead atoms. The molecule has 3 aromatic carbocycles. The lowest BCUT2D eigenvalue weighted by Gasteiger charge is -2.35. The monoisotopic (exact) mass is 1100 g/mol. The van der Waals surface area contributed by atoms with Gasteiger partial charge in [-0.2, -0.15) is 4.98 Å². The molecule has 2 aliphatic rings. The number of carbonyl (C=O) groups is 4. The van der Waals surface area contributed by atoms with E-state index in [4.69, 9.17) is 16.3 Å². The van der Waals surface area contributed by atoms with Gasteiger partial charge in [-0.15, -0.1) is 11.3 Å². The molecular formula is C56H72ClN9O8S2. The topological polar surface area (TPSA) is 225 Å². The first kappa shape index (κ1) is 57.6. The average Bonchev–Trinajstić information content (AvgIpc) is 3.99. The Morgan fingerprint density at radius 3 is 2.25 bits per heavy atom. The predicted molar refractivity (Wildman–Crippen MR) is 298 cm³/mol. The van der Waals surface area contributed by atoms with E-state index in [1.54, 1.807) is 49.4 Å². The maximum absolute atomic E-state index is 14.3. The van der Waals surface area contributed by atoms with Gasteiger partial charge in [0.2, 0.25) is 29.6 Å². The van der Waals surface area contributed by atoms with E-state index in [0.29, 0.717) is 30.2 Å². The maximum Gasteiger partial charge on any atom is 0.246 e. The second-order valence-corrected chi connectivity index (χ2v) is 25.2. The van der Waals surface area contributed by atoms with Crippen LogP contribution in [0.4, 0.5) is 23.1 Å². The van der Waals surface area contributed by atoms with Crippen LogP contribution in [0, 0.1) is 19.3 Å². The average molecular weight is 1100 g/mol. The number of aromatic nitrogens is 3. The summed E-state index contributed by atoms with van der Waals surface area (Å²) in [7, 11) is -3.61. The highest BCUT2D eigenvalue weighted by molar-refractivity contribution is 7.92. The number of likely N-dealkylation sites (tertiary alicyclic amines) is 2. The largest absolute Gasteiger partial charge is 0.489 e. The summed E-state index contributed by atoms with van der Waals surface area (Å²) in [6, 6.07) is 16.3. The molecule has 0 spiro atoms. The highest BCUT2D eigenvalue weighted by atomic mass is 35.5. The van der Waals surface area contributed by atoms with Gasteiger partial charge in [0.15, 0.2) is 15.7 Å². The number of anilines is 4. The van der Waals surface area contributed by atoms with Crippen LogP contribution in [0.1, 0.15) is 128 Å². The zero-order chi connectivity index (χ0) is 55.2. The Balaban J connectivity index is 0.917. The van der Waals surface area contributed by atoms with Crippen LogP contribution < -0.4 is 26.0 Å². The standard InChI is InChI=1S/C56H72ClN9O8S2/c1-32(2)74-46-28-41(34(5)26-44(46)62-55-58-29-42(57)52(64-55)61-43-14-11-12-15-47(43)76(72,73)33(3)4)38-22-24-65(25-23-38)49(69)17-13-16-48(68)63-51(56(8,9)10)54(71)66-30-40(67)27-45(66)53(70)60-35(6)37-18-20-39(21-19-37)50-36(7)59-31-75-50/h11-12,14-15,18-21,26,28-29,31-33,35,38,40,45,51,67H,13,16-17,22-25,27,30H2,1-10H3,(H,60,70)(H,63,68)(H2,58,61,62,64)/t35-,40+,45-,51+/m0/s1. The highest BCUT2D eigenvalue weighted by Crippen LogP contribution is 2.39. The summed E-state index contributed by atoms with van der Waals surface area (Å²) in [5, 5.41) is 22.6. The van der Waals surface area contributed by atoms with Crippen LogP contribution >= 0.6 is 22.9 Å². The van der Waals surface area contributed by atoms with Crippen LogP contribution in [-0.2, 0) is 29.0 Å². The van der Waals surface area contributed by atoms with Crippen molar-refractivity contribution in [1.82, 2.24) is 35.4 Å². The van der Waals surface area contributed by atoms with Crippen molar-refractivity contribution in [2.24, 2.45) is 5.41 Å². The molecule has 0 saturated carbocycles. The van der Waals surface area contributed by atoms with Crippen molar-refractivity contribution < 1.29 is 37.4 Å². The SMILES string of the molecule is Cc1cc(Nc2ncc(Cl)c(Nc3ccccc3S(=O)(=O)C(C)C)n2)c(OC(C)C)cc1C1CCN(C(=O)CCCC(=O)N[C@H](C(=O)N2C[C@H](O)C[C@H]2C(=O)N[C@@H](C)c2ccc(-c3scnc3C)cc2)C(C)(C)C)CC1. The Morgan fingerprint density at radius 1 is 0.908 bits per heavy atom. The van der Waals surface area contributed by atoms with Crippen LogP contribution in [0.25, 0.3) is 10.4 Å². The predicted octanol–water partition coefficient (Wildman–Crippen LogP) is 9.57. The van der Waals surface area contributed by atoms with Crippen LogP contribution in [-0.4, -0.2) is 111 Å². The molecule has 76 heavy (non-hydrogen) atoms. The van der Waals surface area contributed by atoms with E-state index in [0.717, 1.165) is 45.7 Å². The van der Waals surface area contributed by atoms with E-state index in [1.165, 1.54) is 11.1 Å². The van der Waals surface area contributed by atoms with E-state index in [-0.39, 0.29) is 89.7 Å². The number of aliphatic hydroxyl groups is 1. The van der Waals surface area contributed by atoms with Gasteiger partial charge in [0.25, 0.3) is 0 Å². The number of β-amino-alcohol motifs (C(OH)–C–C–N with tert-alkyl or cyclic N) is 1. The van der Waals surface area contributed by atoms with Gasteiger partial charge in [0.05, 0.1) is 62.0 Å². The van der Waals surface area contributed by atoms with Gasteiger partial charge < -0.3 is 40.9 Å². The zero-order valence-corrected chi connectivity index (χ0v) is 47.5. The molecule has 5 N–H and O–H groups in total. The number of hydrogen-bond donors (Lipinski definition) is 5. The number of sulfone groups is 1. The Labute approximate surface area is 455 Å². The van der Waals surface area contributed by atoms with Crippen LogP contribution in [0.2, 0.25) is 5.02 Å². The molecule has 2 aromatic heterocycles. The Hall–Kier alpha value is -6.15. The third-order valence-electron chi connectivity index (χ3n) is 13.9. The van der Waals surface area contributed by atoms with Crippen molar-refractivity contribution in [1.29, 1.82) is 0 Å². The van der Waals surface area contributed by atoms with E-state index in [1.807, 2.05) is 102 Å². The van der Waals surface area contributed by atoms with Crippen LogP contribution in [0.15, 0.2) is 77.3 Å². The summed E-state index contributed by atoms with van der Waals surface area (Å²) in [6.07, 6.45) is 2.39. The summed E-state index contributed by atoms with van der Waals surface area (Å²) < 4.78 is 32.6. The number of halogens is 1. The fourth-order valence-corrected chi connectivity index (χ4v) is 11.8. The Bertz CT molecular complexity index is 3010. The number of hydrogen-bond acceptors (Lipinski definition) is 14. The third-order valence-corrected chi connectivity index (χ3v) is 17.4. The summed E-state index contributed by atoms with van der Waals surface area (Å²) >= 11 is 8.09. The van der Waals surface area contributed by atoms with Crippen molar-refractivity contribution >= 4 is 79.5 Å². The molecule has 2 aliphatic heterocycles. The minimum absolute atomic E-state index is 0.0289. The summed E-state index contributed by atoms with van der Waals surface area (Å²) in [5.41, 5.74) is 7.05. The van der Waals surface area contributed by atoms with E-state index >= 15 is 0 Å². The van der Waals surface area contributed by atoms with Gasteiger partial charge in [-0.3, -0.25) is 19.2 Å². The lowest BCUT2D eigenvalue weighted by atomic mass is 9.85. The van der Waals surface area contributed by atoms with Gasteiger partial charge in [0, 0.05) is 38.9 Å². The molecule has 0 unspecified atom stereocenters. The second kappa shape index (κ2) is 24.5. The second-order valence-electron chi connectivity index (χ2n) is 21.5. The van der Waals surface area contributed by atoms with Crippen LogP contribution in [0.3, 0.4) is 0 Å². The fourth-order valence-electron chi connectivity index (χ4n) is 9.67. The van der Waals surface area contributed by atoms with Crippen molar-refractivity contribution in [3.8, 4) is 16.2 Å². The first-order chi connectivity index (χ1) is 35.9. The number of rotatable bonds is 19. The molecule has 4 amide bonds. The van der Waals surface area contributed by atoms with Crippen molar-refractivity contribution in [2.45, 2.75) is 154 Å². The number of nitrogens with zero attached hydrogens (tertiary/aromatic N) is 5. The number of ether oxygens (including phenoxy) is 1. The van der Waals surface area contributed by atoms with Crippen LogP contribution in [0.5, 0.6) is 5.75 Å². The third kappa shape index (κ3) is 13.9. The van der Waals surface area contributed by atoms with Gasteiger partial charge in [-0.25, -0.2) is 18.4 Å². The number of para-hydroxylation sites is 1. The highest BCUT2D eigenvalue weighted by Gasteiger charge is 2.45. The molecule has 5 aromatic rings. The fraction of sp³-hybridized carbons (Fsp3) is 0.482. The quantitative estimate of drug-likeness (QED) is 0.0520. The summed E-state index contributed by atoms with van der Waals surface area (Å²) in [6.45, 7) is 19.6. The molecule has 17 nitrogen and oxygen atoms in total. The maximum atomic E-state index is 14.3. The number of piperidine rings is 1. The number of amides is 4. The first-order valence-corrected chi connectivity index (χ1v) is 28.8. The van der Waals surface area contributed by atoms with Gasteiger partial charge in [-0.1, -0.05) is 68.8 Å². The zero-order valence-electron chi connectivity index (χ0n) is 45.1. The number of aliphatic hydroxyl groups excluding tert-OH is 1. The number of thiazole rings is 1. The van der Waals surface area contributed by atoms with Crippen molar-refractivity contribution in [3.05, 3.63) is 99.8 Å². The van der Waals surface area contributed by atoms with Crippen molar-refractivity contribution in [2.75, 3.05) is 30.3 Å². The van der Waals surface area contributed by atoms with Crippen molar-refractivity contribution in [3.63, 3.8) is 0 Å². The molecule has 0 radical (unpaired) electrons. The summed E-state index contributed by atoms with van der Waals surface area (Å²) in [5.74, 6) is -0.0670. The first-order valence-electron chi connectivity index (χ1n) is 26.0. The van der Waals surface area contributed by atoms with Gasteiger partial charge in [0.1, 0.15) is 22.9 Å². The molecule has 4 atom stereocenters.